The summed E-state index contributed by atoms with van der Waals surface area (Å²) >= 11 is 0. The fraction of sp³-hybridized carbons (Fsp3) is 0.0526. The summed E-state index contributed by atoms with van der Waals surface area (Å²) in [6.07, 6.45) is 0. The highest BCUT2D eigenvalue weighted by molar-refractivity contribution is 7.92. The van der Waals surface area contributed by atoms with Crippen LogP contribution in [0.5, 0.6) is 0 Å². The number of nitrogens with zero attached hydrogens (tertiary/aromatic N) is 2. The minimum atomic E-state index is -4.07. The van der Waals surface area contributed by atoms with Gasteiger partial charge in [-0.1, -0.05) is 36.4 Å². The van der Waals surface area contributed by atoms with Gasteiger partial charge in [-0.25, -0.2) is 12.8 Å². The van der Waals surface area contributed by atoms with Crippen LogP contribution >= 0.6 is 0 Å². The van der Waals surface area contributed by atoms with Gasteiger partial charge in [-0.15, -0.1) is 0 Å². The first-order chi connectivity index (χ1) is 12.9. The Morgan fingerprint density at radius 3 is 2.07 bits per heavy atom. The first kappa shape index (κ1) is 18.5. The molecule has 0 spiro atoms. The van der Waals surface area contributed by atoms with Crippen LogP contribution in [0.4, 0.5) is 15.8 Å². The maximum Gasteiger partial charge on any atom is 0.269 e. The van der Waals surface area contributed by atoms with Gasteiger partial charge in [0.05, 0.1) is 22.1 Å². The molecule has 0 saturated heterocycles. The molecular formula is C19H15FN2O4S. The lowest BCUT2D eigenvalue weighted by molar-refractivity contribution is -0.384. The Balaban J connectivity index is 2.06. The monoisotopic (exact) mass is 386 g/mol. The van der Waals surface area contributed by atoms with Crippen molar-refractivity contribution in [2.45, 2.75) is 11.4 Å². The summed E-state index contributed by atoms with van der Waals surface area (Å²) in [6, 6.07) is 18.8. The second-order valence-electron chi connectivity index (χ2n) is 5.69. The second-order valence-corrected chi connectivity index (χ2v) is 7.55. The number of hydrogen-bond donors (Lipinski definition) is 0. The van der Waals surface area contributed by atoms with Crippen LogP contribution in [0, 0.1) is 15.9 Å². The Kier molecular flexibility index (Phi) is 5.18. The summed E-state index contributed by atoms with van der Waals surface area (Å²) in [4.78, 5) is 10.1. The van der Waals surface area contributed by atoms with E-state index in [0.29, 0.717) is 5.69 Å². The van der Waals surface area contributed by atoms with Gasteiger partial charge in [-0.3, -0.25) is 14.4 Å². The molecule has 3 aromatic carbocycles. The number of para-hydroxylation sites is 1. The molecule has 0 amide bonds. The van der Waals surface area contributed by atoms with Gasteiger partial charge in [-0.05, 0) is 30.3 Å². The molecule has 0 aliphatic heterocycles. The molecule has 27 heavy (non-hydrogen) atoms. The molecule has 0 atom stereocenters. The normalized spacial score (nSPS) is 11.1. The summed E-state index contributed by atoms with van der Waals surface area (Å²) < 4.78 is 41.5. The second kappa shape index (κ2) is 7.55. The van der Waals surface area contributed by atoms with Crippen LogP contribution in [0.25, 0.3) is 0 Å². The Bertz CT molecular complexity index is 1050. The fourth-order valence-corrected chi connectivity index (χ4v) is 4.00. The van der Waals surface area contributed by atoms with Crippen LogP contribution in [0.15, 0.2) is 83.8 Å². The lowest BCUT2D eigenvalue weighted by atomic mass is 10.2. The van der Waals surface area contributed by atoms with Crippen LogP contribution in [0.3, 0.4) is 0 Å². The number of hydrogen-bond acceptors (Lipinski definition) is 4. The smallest absolute Gasteiger partial charge is 0.262 e. The Hall–Kier alpha value is -3.26. The van der Waals surface area contributed by atoms with Crippen molar-refractivity contribution in [3.05, 3.63) is 100 Å². The van der Waals surface area contributed by atoms with Crippen molar-refractivity contribution in [1.29, 1.82) is 0 Å². The van der Waals surface area contributed by atoms with Crippen molar-refractivity contribution in [1.82, 2.24) is 0 Å². The number of sulfonamides is 1. The van der Waals surface area contributed by atoms with Gasteiger partial charge in [-0.2, -0.15) is 0 Å². The molecule has 0 aromatic heterocycles. The molecule has 0 heterocycles. The molecule has 6 nitrogen and oxygen atoms in total. The molecule has 0 N–H and O–H groups in total. The van der Waals surface area contributed by atoms with Crippen LogP contribution in [-0.4, -0.2) is 13.3 Å². The minimum Gasteiger partial charge on any atom is -0.262 e. The maximum atomic E-state index is 14.1. The standard InChI is InChI=1S/C19H15FN2O4S/c20-19-9-5-4-6-15(19)14-21(16-7-2-1-3-8-16)27(25,26)18-12-10-17(11-13-18)22(23)24/h1-13H,14H2. The number of nitro benzene ring substituents is 1. The van der Waals surface area contributed by atoms with Crippen molar-refractivity contribution in [2.75, 3.05) is 4.31 Å². The van der Waals surface area contributed by atoms with Gasteiger partial charge in [0.1, 0.15) is 5.82 Å². The minimum absolute atomic E-state index is 0.117. The van der Waals surface area contributed by atoms with Crippen molar-refractivity contribution < 1.29 is 17.7 Å². The maximum absolute atomic E-state index is 14.1. The van der Waals surface area contributed by atoms with E-state index in [0.717, 1.165) is 16.4 Å². The molecule has 0 unspecified atom stereocenters. The molecule has 8 heteroatoms. The molecule has 0 aliphatic rings. The van der Waals surface area contributed by atoms with E-state index < -0.39 is 20.8 Å². The van der Waals surface area contributed by atoms with Crippen LogP contribution in [0.2, 0.25) is 0 Å². The van der Waals surface area contributed by atoms with E-state index in [4.69, 9.17) is 0 Å². The average molecular weight is 386 g/mol. The summed E-state index contributed by atoms with van der Waals surface area (Å²) in [5, 5.41) is 10.8. The molecule has 3 rings (SSSR count). The largest absolute Gasteiger partial charge is 0.269 e. The molecule has 0 radical (unpaired) electrons. The molecule has 138 valence electrons. The molecule has 0 aliphatic carbocycles. The number of halogens is 1. The topological polar surface area (TPSA) is 80.5 Å². The van der Waals surface area contributed by atoms with Crippen molar-refractivity contribution in [2.24, 2.45) is 0 Å². The van der Waals surface area contributed by atoms with E-state index >= 15 is 0 Å². The molecule has 0 bridgehead atoms. The number of rotatable bonds is 6. The highest BCUT2D eigenvalue weighted by Crippen LogP contribution is 2.27. The zero-order valence-corrected chi connectivity index (χ0v) is 14.8. The third-order valence-corrected chi connectivity index (χ3v) is 5.74. The quantitative estimate of drug-likeness (QED) is 0.471. The van der Waals surface area contributed by atoms with Gasteiger partial charge >= 0.3 is 0 Å². The number of nitro groups is 1. The average Bonchev–Trinajstić information content (AvgIpc) is 2.68. The Labute approximate surface area is 155 Å². The summed E-state index contributed by atoms with van der Waals surface area (Å²) in [6.45, 7) is -0.212. The Morgan fingerprint density at radius 2 is 1.48 bits per heavy atom. The highest BCUT2D eigenvalue weighted by Gasteiger charge is 2.26. The number of benzene rings is 3. The lowest BCUT2D eigenvalue weighted by Gasteiger charge is -2.25. The van der Waals surface area contributed by atoms with Crippen LogP contribution < -0.4 is 4.31 Å². The van der Waals surface area contributed by atoms with E-state index in [-0.39, 0.29) is 22.7 Å². The fourth-order valence-electron chi connectivity index (χ4n) is 2.56. The SMILES string of the molecule is O=[N+]([O-])c1ccc(S(=O)(=O)N(Cc2ccccc2F)c2ccccc2)cc1. The summed E-state index contributed by atoms with van der Waals surface area (Å²) in [5.74, 6) is -0.516. The predicted octanol–water partition coefficient (Wildman–Crippen LogP) is 4.13. The van der Waals surface area contributed by atoms with Crippen LogP contribution in [0.1, 0.15) is 5.56 Å². The molecule has 3 aromatic rings. The predicted molar refractivity (Wildman–Crippen MR) is 99.3 cm³/mol. The Morgan fingerprint density at radius 1 is 0.889 bits per heavy atom. The highest BCUT2D eigenvalue weighted by atomic mass is 32.2. The zero-order chi connectivity index (χ0) is 19.4. The van der Waals surface area contributed by atoms with E-state index in [1.165, 1.54) is 30.3 Å². The zero-order valence-electron chi connectivity index (χ0n) is 14.0. The third-order valence-electron chi connectivity index (χ3n) is 3.95. The van der Waals surface area contributed by atoms with Gasteiger partial charge in [0, 0.05) is 17.7 Å². The van der Waals surface area contributed by atoms with Crippen LogP contribution in [-0.2, 0) is 16.6 Å². The number of non-ortho nitro benzene ring substituents is 1. The first-order valence-corrected chi connectivity index (χ1v) is 9.39. The first-order valence-electron chi connectivity index (χ1n) is 7.95. The molecule has 0 saturated carbocycles. The van der Waals surface area contributed by atoms with E-state index in [2.05, 4.69) is 0 Å². The van der Waals surface area contributed by atoms with E-state index in [9.17, 15) is 22.9 Å². The van der Waals surface area contributed by atoms with E-state index in [1.54, 1.807) is 36.4 Å². The molecule has 0 fully saturated rings. The molecular weight excluding hydrogens is 371 g/mol. The number of anilines is 1. The van der Waals surface area contributed by atoms with Gasteiger partial charge in [0.2, 0.25) is 0 Å². The van der Waals surface area contributed by atoms with Crippen molar-refractivity contribution in [3.8, 4) is 0 Å². The van der Waals surface area contributed by atoms with E-state index in [1.807, 2.05) is 0 Å². The van der Waals surface area contributed by atoms with Crippen molar-refractivity contribution >= 4 is 21.4 Å². The lowest BCUT2D eigenvalue weighted by Crippen LogP contribution is -2.31. The third kappa shape index (κ3) is 3.95. The van der Waals surface area contributed by atoms with Gasteiger partial charge < -0.3 is 0 Å². The van der Waals surface area contributed by atoms with Crippen molar-refractivity contribution in [3.63, 3.8) is 0 Å². The van der Waals surface area contributed by atoms with Gasteiger partial charge in [0.25, 0.3) is 15.7 Å². The summed E-state index contributed by atoms with van der Waals surface area (Å²) in [7, 11) is -4.07. The summed E-state index contributed by atoms with van der Waals surface area (Å²) in [5.41, 5.74) is 0.361. The van der Waals surface area contributed by atoms with Gasteiger partial charge in [0.15, 0.2) is 0 Å².